The summed E-state index contributed by atoms with van der Waals surface area (Å²) >= 11 is 1.33. The van der Waals surface area contributed by atoms with Gasteiger partial charge in [-0.1, -0.05) is 13.8 Å². The molecule has 0 saturated carbocycles. The zero-order valence-electron chi connectivity index (χ0n) is 11.6. The molecule has 1 aromatic rings. The lowest BCUT2D eigenvalue weighted by molar-refractivity contribution is -0.121. The number of rotatable bonds is 6. The molecule has 0 spiro atoms. The van der Waals surface area contributed by atoms with Crippen molar-refractivity contribution >= 4 is 23.4 Å². The van der Waals surface area contributed by atoms with E-state index < -0.39 is 5.82 Å². The van der Waals surface area contributed by atoms with E-state index in [0.717, 1.165) is 12.8 Å². The van der Waals surface area contributed by atoms with Crippen LogP contribution in [0, 0.1) is 5.82 Å². The fraction of sp³-hybridized carbons (Fsp3) is 0.500. The second-order valence-electron chi connectivity index (χ2n) is 4.47. The van der Waals surface area contributed by atoms with Gasteiger partial charge in [-0.05, 0) is 38.0 Å². The molecule has 0 saturated heterocycles. The van der Waals surface area contributed by atoms with Gasteiger partial charge in [0.2, 0.25) is 5.91 Å². The Balaban J connectivity index is 2.60. The number of hydrogen-bond donors (Lipinski definition) is 2. The predicted molar refractivity (Wildman–Crippen MR) is 78.6 cm³/mol. The van der Waals surface area contributed by atoms with Crippen LogP contribution < -0.4 is 11.1 Å². The Hall–Kier alpha value is -1.23. The minimum absolute atomic E-state index is 0.0177. The van der Waals surface area contributed by atoms with Crippen molar-refractivity contribution < 1.29 is 9.18 Å². The van der Waals surface area contributed by atoms with Gasteiger partial charge in [-0.15, -0.1) is 11.8 Å². The monoisotopic (exact) mass is 284 g/mol. The fourth-order valence-corrected chi connectivity index (χ4v) is 2.55. The van der Waals surface area contributed by atoms with Gasteiger partial charge in [-0.3, -0.25) is 4.79 Å². The first-order valence-corrected chi connectivity index (χ1v) is 7.37. The lowest BCUT2D eigenvalue weighted by Gasteiger charge is -2.18. The van der Waals surface area contributed by atoms with Crippen molar-refractivity contribution in [2.45, 2.75) is 49.8 Å². The van der Waals surface area contributed by atoms with Gasteiger partial charge in [0.1, 0.15) is 5.82 Å². The minimum atomic E-state index is -0.447. The summed E-state index contributed by atoms with van der Waals surface area (Å²) in [5.74, 6) is -0.464. The van der Waals surface area contributed by atoms with E-state index >= 15 is 0 Å². The first kappa shape index (κ1) is 15.8. The highest BCUT2D eigenvalue weighted by atomic mass is 32.2. The van der Waals surface area contributed by atoms with Gasteiger partial charge >= 0.3 is 0 Å². The second-order valence-corrected chi connectivity index (χ2v) is 5.88. The third-order valence-electron chi connectivity index (χ3n) is 2.99. The molecule has 1 aromatic carbocycles. The number of hydrogen-bond acceptors (Lipinski definition) is 3. The molecule has 0 heterocycles. The number of thioether (sulfide) groups is 1. The van der Waals surface area contributed by atoms with Gasteiger partial charge in [-0.2, -0.15) is 0 Å². The maximum absolute atomic E-state index is 13.3. The first-order chi connectivity index (χ1) is 8.97. The molecule has 1 unspecified atom stereocenters. The fourth-order valence-electron chi connectivity index (χ4n) is 1.65. The largest absolute Gasteiger partial charge is 0.396 e. The maximum Gasteiger partial charge on any atom is 0.233 e. The average molecular weight is 284 g/mol. The number of halogens is 1. The molecule has 0 aliphatic carbocycles. The third kappa shape index (κ3) is 4.74. The van der Waals surface area contributed by atoms with E-state index in [4.69, 9.17) is 5.73 Å². The first-order valence-electron chi connectivity index (χ1n) is 6.50. The van der Waals surface area contributed by atoms with Crippen molar-refractivity contribution in [2.24, 2.45) is 0 Å². The quantitative estimate of drug-likeness (QED) is 0.623. The summed E-state index contributed by atoms with van der Waals surface area (Å²) in [5.41, 5.74) is 5.54. The van der Waals surface area contributed by atoms with E-state index in [-0.39, 0.29) is 22.9 Å². The van der Waals surface area contributed by atoms with Gasteiger partial charge in [0.25, 0.3) is 0 Å². The van der Waals surface area contributed by atoms with Crippen LogP contribution in [-0.2, 0) is 4.79 Å². The van der Waals surface area contributed by atoms with Crippen LogP contribution in [0.5, 0.6) is 0 Å². The summed E-state index contributed by atoms with van der Waals surface area (Å²) in [5, 5.41) is 2.72. The van der Waals surface area contributed by atoms with Crippen molar-refractivity contribution in [2.75, 3.05) is 5.73 Å². The molecule has 0 aromatic heterocycles. The molecule has 0 radical (unpaired) electrons. The molecular weight excluding hydrogens is 263 g/mol. The molecule has 106 valence electrons. The molecule has 0 bridgehead atoms. The van der Waals surface area contributed by atoms with Crippen LogP contribution in [0.3, 0.4) is 0 Å². The number of benzene rings is 1. The van der Waals surface area contributed by atoms with Crippen LogP contribution in [0.15, 0.2) is 23.1 Å². The Bertz CT molecular complexity index is 435. The van der Waals surface area contributed by atoms with Gasteiger partial charge in [0, 0.05) is 10.9 Å². The van der Waals surface area contributed by atoms with Crippen LogP contribution in [-0.4, -0.2) is 17.2 Å². The van der Waals surface area contributed by atoms with E-state index in [0.29, 0.717) is 4.90 Å². The van der Waals surface area contributed by atoms with Crippen molar-refractivity contribution in [1.82, 2.24) is 5.32 Å². The molecule has 0 fully saturated rings. The van der Waals surface area contributed by atoms with Gasteiger partial charge in [0.05, 0.1) is 10.9 Å². The second kappa shape index (κ2) is 7.38. The maximum atomic E-state index is 13.3. The molecule has 1 amide bonds. The van der Waals surface area contributed by atoms with Crippen molar-refractivity contribution in [3.8, 4) is 0 Å². The van der Waals surface area contributed by atoms with Gasteiger partial charge < -0.3 is 11.1 Å². The minimum Gasteiger partial charge on any atom is -0.396 e. The highest BCUT2D eigenvalue weighted by molar-refractivity contribution is 8.00. The summed E-state index contributed by atoms with van der Waals surface area (Å²) in [6, 6.07) is 4.81. The zero-order valence-corrected chi connectivity index (χ0v) is 12.4. The molecule has 1 rings (SSSR count). The Labute approximate surface area is 118 Å². The Morgan fingerprint density at radius 1 is 1.42 bits per heavy atom. The molecular formula is C14H21FN2OS. The predicted octanol–water partition coefficient (Wildman–Crippen LogP) is 3.19. The topological polar surface area (TPSA) is 55.1 Å². The summed E-state index contributed by atoms with van der Waals surface area (Å²) in [4.78, 5) is 12.7. The lowest BCUT2D eigenvalue weighted by Crippen LogP contribution is -2.38. The summed E-state index contributed by atoms with van der Waals surface area (Å²) < 4.78 is 13.3. The molecule has 3 N–H and O–H groups in total. The van der Waals surface area contributed by atoms with Crippen LogP contribution in [0.25, 0.3) is 0 Å². The van der Waals surface area contributed by atoms with E-state index in [1.165, 1.54) is 23.9 Å². The number of nitrogens with two attached hydrogens (primary N) is 1. The highest BCUT2D eigenvalue weighted by Gasteiger charge is 2.17. The smallest absolute Gasteiger partial charge is 0.233 e. The van der Waals surface area contributed by atoms with E-state index in [1.54, 1.807) is 6.07 Å². The normalized spacial score (nSPS) is 12.5. The summed E-state index contributed by atoms with van der Waals surface area (Å²) in [6.45, 7) is 5.90. The van der Waals surface area contributed by atoms with Crippen LogP contribution in [0.1, 0.15) is 33.6 Å². The number of carbonyl (C=O) groups excluding carboxylic acids is 1. The Morgan fingerprint density at radius 3 is 2.58 bits per heavy atom. The number of carbonyl (C=O) groups is 1. The molecule has 3 nitrogen and oxygen atoms in total. The Kier molecular flexibility index (Phi) is 6.15. The van der Waals surface area contributed by atoms with Gasteiger partial charge in [-0.25, -0.2) is 4.39 Å². The lowest BCUT2D eigenvalue weighted by atomic mass is 10.2. The summed E-state index contributed by atoms with van der Waals surface area (Å²) in [6.07, 6.45) is 1.83. The highest BCUT2D eigenvalue weighted by Crippen LogP contribution is 2.26. The number of anilines is 1. The average Bonchev–Trinajstić information content (AvgIpc) is 2.39. The van der Waals surface area contributed by atoms with Crippen molar-refractivity contribution in [3.63, 3.8) is 0 Å². The molecule has 5 heteroatoms. The standard InChI is InChI=1S/C14H21FN2OS/c1-4-10(5-2)17-14(18)9(3)19-11-6-7-13(16)12(15)8-11/h6-10H,4-5,16H2,1-3H3,(H,17,18). The Morgan fingerprint density at radius 2 is 2.05 bits per heavy atom. The molecule has 19 heavy (non-hydrogen) atoms. The summed E-state index contributed by atoms with van der Waals surface area (Å²) in [7, 11) is 0. The molecule has 0 aliphatic heterocycles. The zero-order chi connectivity index (χ0) is 14.4. The van der Waals surface area contributed by atoms with Crippen LogP contribution in [0.2, 0.25) is 0 Å². The third-order valence-corrected chi connectivity index (χ3v) is 4.08. The SMILES string of the molecule is CCC(CC)NC(=O)C(C)Sc1ccc(N)c(F)c1. The van der Waals surface area contributed by atoms with Crippen LogP contribution in [0.4, 0.5) is 10.1 Å². The molecule has 0 aliphatic rings. The number of nitrogens with one attached hydrogen (secondary N) is 1. The number of amides is 1. The van der Waals surface area contributed by atoms with E-state index in [2.05, 4.69) is 5.32 Å². The van der Waals surface area contributed by atoms with E-state index in [9.17, 15) is 9.18 Å². The number of nitrogen functional groups attached to an aromatic ring is 1. The van der Waals surface area contributed by atoms with Gasteiger partial charge in [0.15, 0.2) is 0 Å². The molecule has 1 atom stereocenters. The van der Waals surface area contributed by atoms with E-state index in [1.807, 2.05) is 20.8 Å². The van der Waals surface area contributed by atoms with Crippen molar-refractivity contribution in [1.29, 1.82) is 0 Å². The van der Waals surface area contributed by atoms with Crippen LogP contribution >= 0.6 is 11.8 Å². The van der Waals surface area contributed by atoms with Crippen molar-refractivity contribution in [3.05, 3.63) is 24.0 Å².